The summed E-state index contributed by atoms with van der Waals surface area (Å²) in [4.78, 5) is 13.6. The first-order valence-electron chi connectivity index (χ1n) is 8.63. The van der Waals surface area contributed by atoms with E-state index in [0.717, 1.165) is 43.3 Å². The van der Waals surface area contributed by atoms with Crippen molar-refractivity contribution in [1.29, 1.82) is 0 Å². The highest BCUT2D eigenvalue weighted by atomic mass is 32.2. The van der Waals surface area contributed by atoms with Crippen LogP contribution < -0.4 is 4.90 Å². The summed E-state index contributed by atoms with van der Waals surface area (Å²) >= 11 is 0. The molecule has 1 saturated heterocycles. The van der Waals surface area contributed by atoms with E-state index in [1.807, 2.05) is 12.4 Å². The molecular formula is C19H29FN4O3S. The van der Waals surface area contributed by atoms with Crippen molar-refractivity contribution in [1.82, 2.24) is 14.9 Å². The van der Waals surface area contributed by atoms with Gasteiger partial charge in [-0.3, -0.25) is 9.45 Å². The topological polar surface area (TPSA) is 86.6 Å². The van der Waals surface area contributed by atoms with Gasteiger partial charge in [0.1, 0.15) is 5.82 Å². The normalized spacial score (nSPS) is 14.9. The summed E-state index contributed by atoms with van der Waals surface area (Å²) in [6.07, 6.45) is 4.34. The summed E-state index contributed by atoms with van der Waals surface area (Å²) in [7, 11) is -3.67. The standard InChI is InChI=1S/C17H21FN4.CH4O3S.CH4/c1-13(2)21-7-9-22(10-8-21)17-19-11-15(12-20-17)14-3-5-16(18)6-4-14;1-5(2,3)4;/h3-6,11-13H,7-10H2,1-2H3;1H3,(H,2,3,4);1H4. The van der Waals surface area contributed by atoms with Crippen molar-refractivity contribution in [2.24, 2.45) is 0 Å². The molecule has 28 heavy (non-hydrogen) atoms. The van der Waals surface area contributed by atoms with Crippen molar-refractivity contribution < 1.29 is 17.4 Å². The molecule has 7 nitrogen and oxygen atoms in total. The Kier molecular flexibility index (Phi) is 8.93. The molecule has 2 aromatic rings. The Balaban J connectivity index is 0.000000584. The minimum Gasteiger partial charge on any atom is -0.338 e. The third-order valence-corrected chi connectivity index (χ3v) is 4.14. The molecule has 2 heterocycles. The second-order valence-corrected chi connectivity index (χ2v) is 8.09. The summed E-state index contributed by atoms with van der Waals surface area (Å²) in [6, 6.07) is 6.98. The maximum Gasteiger partial charge on any atom is 0.261 e. The van der Waals surface area contributed by atoms with E-state index < -0.39 is 10.1 Å². The number of benzene rings is 1. The zero-order valence-electron chi connectivity index (χ0n) is 15.7. The molecular weight excluding hydrogens is 383 g/mol. The second kappa shape index (κ2) is 10.4. The maximum absolute atomic E-state index is 13.0. The van der Waals surface area contributed by atoms with E-state index >= 15 is 0 Å². The summed E-state index contributed by atoms with van der Waals surface area (Å²) in [5, 5.41) is 0. The number of halogens is 1. The van der Waals surface area contributed by atoms with E-state index in [4.69, 9.17) is 4.55 Å². The first-order chi connectivity index (χ1) is 12.6. The van der Waals surface area contributed by atoms with Crippen LogP contribution in [0.4, 0.5) is 10.3 Å². The lowest BCUT2D eigenvalue weighted by atomic mass is 10.1. The molecule has 1 aromatic carbocycles. The molecule has 1 aliphatic heterocycles. The van der Waals surface area contributed by atoms with Crippen LogP contribution in [0, 0.1) is 5.82 Å². The number of hydrogen-bond donors (Lipinski definition) is 1. The summed E-state index contributed by atoms with van der Waals surface area (Å²) in [5.41, 5.74) is 1.84. The molecule has 0 aliphatic carbocycles. The van der Waals surface area contributed by atoms with Crippen molar-refractivity contribution >= 4 is 16.1 Å². The highest BCUT2D eigenvalue weighted by Gasteiger charge is 2.20. The van der Waals surface area contributed by atoms with Gasteiger partial charge in [-0.05, 0) is 31.5 Å². The summed E-state index contributed by atoms with van der Waals surface area (Å²) < 4.78 is 38.8. The van der Waals surface area contributed by atoms with Gasteiger partial charge in [-0.15, -0.1) is 0 Å². The minimum atomic E-state index is -3.67. The Hall–Kier alpha value is -2.10. The van der Waals surface area contributed by atoms with Gasteiger partial charge in [-0.2, -0.15) is 8.42 Å². The van der Waals surface area contributed by atoms with E-state index in [0.29, 0.717) is 12.3 Å². The Morgan fingerprint density at radius 1 is 1.00 bits per heavy atom. The van der Waals surface area contributed by atoms with Crippen LogP contribution in [0.3, 0.4) is 0 Å². The predicted molar refractivity (Wildman–Crippen MR) is 111 cm³/mol. The van der Waals surface area contributed by atoms with Gasteiger partial charge >= 0.3 is 0 Å². The monoisotopic (exact) mass is 412 g/mol. The first-order valence-corrected chi connectivity index (χ1v) is 10.5. The van der Waals surface area contributed by atoms with Crippen LogP contribution in [0.1, 0.15) is 21.3 Å². The largest absolute Gasteiger partial charge is 0.338 e. The van der Waals surface area contributed by atoms with Gasteiger partial charge in [0.25, 0.3) is 10.1 Å². The molecule has 1 aliphatic rings. The molecule has 0 saturated carbocycles. The quantitative estimate of drug-likeness (QED) is 0.776. The third kappa shape index (κ3) is 7.87. The fourth-order valence-electron chi connectivity index (χ4n) is 2.71. The van der Waals surface area contributed by atoms with Gasteiger partial charge in [0.15, 0.2) is 0 Å². The van der Waals surface area contributed by atoms with Gasteiger partial charge < -0.3 is 4.90 Å². The molecule has 0 unspecified atom stereocenters. The van der Waals surface area contributed by atoms with E-state index in [9.17, 15) is 12.8 Å². The second-order valence-electron chi connectivity index (χ2n) is 6.63. The minimum absolute atomic E-state index is 0. The molecule has 0 radical (unpaired) electrons. The maximum atomic E-state index is 13.0. The highest BCUT2D eigenvalue weighted by molar-refractivity contribution is 7.85. The average Bonchev–Trinajstić information content (AvgIpc) is 2.61. The van der Waals surface area contributed by atoms with Crippen LogP contribution in [0.15, 0.2) is 36.7 Å². The van der Waals surface area contributed by atoms with Crippen LogP contribution in [-0.2, 0) is 10.1 Å². The number of aromatic nitrogens is 2. The summed E-state index contributed by atoms with van der Waals surface area (Å²) in [5.74, 6) is 0.540. The molecule has 156 valence electrons. The lowest BCUT2D eigenvalue weighted by molar-refractivity contribution is 0.208. The lowest BCUT2D eigenvalue weighted by Crippen LogP contribution is -2.49. The molecule has 0 bridgehead atoms. The van der Waals surface area contributed by atoms with Crippen LogP contribution in [0.2, 0.25) is 0 Å². The fraction of sp³-hybridized carbons (Fsp3) is 0.474. The van der Waals surface area contributed by atoms with Crippen LogP contribution in [0.25, 0.3) is 11.1 Å². The number of nitrogens with zero attached hydrogens (tertiary/aromatic N) is 4. The van der Waals surface area contributed by atoms with Gasteiger partial charge in [-0.1, -0.05) is 19.6 Å². The van der Waals surface area contributed by atoms with Gasteiger partial charge in [0.2, 0.25) is 5.95 Å². The van der Waals surface area contributed by atoms with Crippen LogP contribution in [0.5, 0.6) is 0 Å². The first kappa shape index (κ1) is 23.9. The van der Waals surface area contributed by atoms with Crippen molar-refractivity contribution in [3.63, 3.8) is 0 Å². The van der Waals surface area contributed by atoms with Crippen molar-refractivity contribution in [3.05, 3.63) is 42.5 Å². The van der Waals surface area contributed by atoms with E-state index in [1.165, 1.54) is 12.1 Å². The lowest BCUT2D eigenvalue weighted by Gasteiger charge is -2.36. The zero-order valence-corrected chi connectivity index (χ0v) is 16.5. The molecule has 0 amide bonds. The summed E-state index contributed by atoms with van der Waals surface area (Å²) in [6.45, 7) is 8.44. The zero-order chi connectivity index (χ0) is 20.0. The van der Waals surface area contributed by atoms with Gasteiger partial charge in [-0.25, -0.2) is 14.4 Å². The fourth-order valence-corrected chi connectivity index (χ4v) is 2.71. The predicted octanol–water partition coefficient (Wildman–Crippen LogP) is 2.95. The Labute approximate surface area is 167 Å². The number of hydrogen-bond acceptors (Lipinski definition) is 6. The van der Waals surface area contributed by atoms with Crippen LogP contribution >= 0.6 is 0 Å². The highest BCUT2D eigenvalue weighted by Crippen LogP contribution is 2.20. The Morgan fingerprint density at radius 2 is 1.46 bits per heavy atom. The van der Waals surface area contributed by atoms with Crippen molar-refractivity contribution in [2.75, 3.05) is 37.3 Å². The van der Waals surface area contributed by atoms with Gasteiger partial charge in [0, 0.05) is 50.2 Å². The Morgan fingerprint density at radius 3 is 1.89 bits per heavy atom. The van der Waals surface area contributed by atoms with Crippen molar-refractivity contribution in [2.45, 2.75) is 27.3 Å². The van der Waals surface area contributed by atoms with Gasteiger partial charge in [0.05, 0.1) is 6.26 Å². The molecule has 1 N–H and O–H groups in total. The number of rotatable bonds is 3. The molecule has 9 heteroatoms. The SMILES string of the molecule is C.CC(C)N1CCN(c2ncc(-c3ccc(F)cc3)cn2)CC1.CS(=O)(=O)O. The molecule has 3 rings (SSSR count). The smallest absolute Gasteiger partial charge is 0.261 e. The van der Waals surface area contributed by atoms with Crippen molar-refractivity contribution in [3.8, 4) is 11.1 Å². The van der Waals surface area contributed by atoms with Crippen LogP contribution in [-0.4, -0.2) is 66.3 Å². The van der Waals surface area contributed by atoms with E-state index in [1.54, 1.807) is 12.1 Å². The number of anilines is 1. The molecule has 0 atom stereocenters. The molecule has 1 fully saturated rings. The third-order valence-electron chi connectivity index (χ3n) is 4.14. The molecule has 1 aromatic heterocycles. The average molecular weight is 413 g/mol. The Bertz CT molecular complexity index is 811. The molecule has 0 spiro atoms. The number of piperazine rings is 1. The van der Waals surface area contributed by atoms with E-state index in [2.05, 4.69) is 33.6 Å². The van der Waals surface area contributed by atoms with E-state index in [-0.39, 0.29) is 13.2 Å².